The highest BCUT2D eigenvalue weighted by atomic mass is 16.5. The van der Waals surface area contributed by atoms with Gasteiger partial charge in [-0.2, -0.15) is 0 Å². The minimum atomic E-state index is 0.141. The highest BCUT2D eigenvalue weighted by Crippen LogP contribution is 1.96. The second-order valence-corrected chi connectivity index (χ2v) is 3.40. The topological polar surface area (TPSA) is 41.6 Å². The van der Waals surface area contributed by atoms with Crippen molar-refractivity contribution in [2.45, 2.75) is 13.0 Å². The summed E-state index contributed by atoms with van der Waals surface area (Å²) in [6.07, 6.45) is 1.78. The van der Waals surface area contributed by atoms with Crippen molar-refractivity contribution in [3.63, 3.8) is 0 Å². The Morgan fingerprint density at radius 2 is 2.29 bits per heavy atom. The van der Waals surface area contributed by atoms with E-state index in [2.05, 4.69) is 11.9 Å². The first-order chi connectivity index (χ1) is 6.74. The Morgan fingerprint density at radius 1 is 1.64 bits per heavy atom. The Morgan fingerprint density at radius 3 is 2.86 bits per heavy atom. The Labute approximate surface area is 84.9 Å². The van der Waals surface area contributed by atoms with Gasteiger partial charge < -0.3 is 15.0 Å². The Balaban J connectivity index is 2.22. The molecule has 14 heavy (non-hydrogen) atoms. The van der Waals surface area contributed by atoms with Crippen molar-refractivity contribution in [1.29, 1.82) is 0 Å². The first-order valence-corrected chi connectivity index (χ1v) is 4.95. The standard InChI is InChI=1S/C10H18N2O2/c1-3-9(2)11-8-10(13)12-4-6-14-7-5-12/h3,9,11H,1,4-8H2,2H3. The van der Waals surface area contributed by atoms with Gasteiger partial charge in [-0.1, -0.05) is 6.08 Å². The molecule has 0 spiro atoms. The van der Waals surface area contributed by atoms with Gasteiger partial charge in [0.25, 0.3) is 0 Å². The number of amides is 1. The minimum absolute atomic E-state index is 0.141. The Bertz CT molecular complexity index is 200. The Hall–Kier alpha value is -0.870. The normalized spacial score (nSPS) is 19.1. The molecule has 1 atom stereocenters. The predicted octanol–water partition coefficient (Wildman–Crippen LogP) is 0.00930. The summed E-state index contributed by atoms with van der Waals surface area (Å²) in [5.41, 5.74) is 0. The molecule has 1 fully saturated rings. The molecule has 0 bridgehead atoms. The van der Waals surface area contributed by atoms with E-state index in [1.165, 1.54) is 0 Å². The molecule has 0 radical (unpaired) electrons. The van der Waals surface area contributed by atoms with Crippen LogP contribution in [0.3, 0.4) is 0 Å². The van der Waals surface area contributed by atoms with Crippen molar-refractivity contribution >= 4 is 5.91 Å². The van der Waals surface area contributed by atoms with Gasteiger partial charge in [-0.05, 0) is 6.92 Å². The summed E-state index contributed by atoms with van der Waals surface area (Å²) >= 11 is 0. The third kappa shape index (κ3) is 3.47. The summed E-state index contributed by atoms with van der Waals surface area (Å²) in [4.78, 5) is 13.4. The lowest BCUT2D eigenvalue weighted by atomic mass is 10.3. The van der Waals surface area contributed by atoms with E-state index in [1.807, 2.05) is 11.8 Å². The van der Waals surface area contributed by atoms with Gasteiger partial charge in [-0.3, -0.25) is 4.79 Å². The van der Waals surface area contributed by atoms with Gasteiger partial charge in [-0.15, -0.1) is 6.58 Å². The van der Waals surface area contributed by atoms with Crippen LogP contribution in [0.2, 0.25) is 0 Å². The molecule has 1 N–H and O–H groups in total. The summed E-state index contributed by atoms with van der Waals surface area (Å²) in [5, 5.41) is 3.08. The van der Waals surface area contributed by atoms with Crippen LogP contribution in [-0.2, 0) is 9.53 Å². The van der Waals surface area contributed by atoms with E-state index in [-0.39, 0.29) is 11.9 Å². The summed E-state index contributed by atoms with van der Waals surface area (Å²) in [6, 6.07) is 0.181. The lowest BCUT2D eigenvalue weighted by Crippen LogP contribution is -2.45. The van der Waals surface area contributed by atoms with Crippen molar-refractivity contribution < 1.29 is 9.53 Å². The van der Waals surface area contributed by atoms with Crippen molar-refractivity contribution in [2.24, 2.45) is 0 Å². The number of hydrogen-bond acceptors (Lipinski definition) is 3. The molecular formula is C10H18N2O2. The van der Waals surface area contributed by atoms with Crippen molar-refractivity contribution in [3.05, 3.63) is 12.7 Å². The third-order valence-corrected chi connectivity index (χ3v) is 2.29. The van der Waals surface area contributed by atoms with E-state index in [0.717, 1.165) is 0 Å². The third-order valence-electron chi connectivity index (χ3n) is 2.29. The molecule has 1 rings (SSSR count). The molecular weight excluding hydrogens is 180 g/mol. The predicted molar refractivity (Wildman–Crippen MR) is 55.1 cm³/mol. The minimum Gasteiger partial charge on any atom is -0.378 e. The van der Waals surface area contributed by atoms with Gasteiger partial charge in [-0.25, -0.2) is 0 Å². The monoisotopic (exact) mass is 198 g/mol. The number of carbonyl (C=O) groups excluding carboxylic acids is 1. The summed E-state index contributed by atoms with van der Waals surface area (Å²) in [5.74, 6) is 0.141. The molecule has 1 amide bonds. The van der Waals surface area contributed by atoms with Crippen molar-refractivity contribution in [2.75, 3.05) is 32.8 Å². The van der Waals surface area contributed by atoms with Crippen LogP contribution in [0.15, 0.2) is 12.7 Å². The van der Waals surface area contributed by atoms with Crippen LogP contribution in [-0.4, -0.2) is 49.7 Å². The molecule has 0 aromatic rings. The quantitative estimate of drug-likeness (QED) is 0.647. The van der Waals surface area contributed by atoms with E-state index in [9.17, 15) is 4.79 Å². The van der Waals surface area contributed by atoms with E-state index in [4.69, 9.17) is 4.74 Å². The zero-order valence-corrected chi connectivity index (χ0v) is 8.66. The SMILES string of the molecule is C=CC(C)NCC(=O)N1CCOCC1. The molecule has 4 nitrogen and oxygen atoms in total. The number of nitrogens with zero attached hydrogens (tertiary/aromatic N) is 1. The van der Waals surface area contributed by atoms with Crippen LogP contribution >= 0.6 is 0 Å². The van der Waals surface area contributed by atoms with Crippen LogP contribution < -0.4 is 5.32 Å². The molecule has 4 heteroatoms. The lowest BCUT2D eigenvalue weighted by Gasteiger charge is -2.27. The molecule has 1 aliphatic rings. The molecule has 1 aliphatic heterocycles. The lowest BCUT2D eigenvalue weighted by molar-refractivity contribution is -0.134. The molecule has 1 heterocycles. The molecule has 0 aromatic heterocycles. The molecule has 0 aromatic carbocycles. The first kappa shape index (κ1) is 11.2. The van der Waals surface area contributed by atoms with Gasteiger partial charge in [0.1, 0.15) is 0 Å². The maximum absolute atomic E-state index is 11.6. The largest absolute Gasteiger partial charge is 0.378 e. The van der Waals surface area contributed by atoms with Crippen LogP contribution in [0.25, 0.3) is 0 Å². The summed E-state index contributed by atoms with van der Waals surface area (Å²) in [6.45, 7) is 8.73. The van der Waals surface area contributed by atoms with Gasteiger partial charge >= 0.3 is 0 Å². The van der Waals surface area contributed by atoms with Crippen LogP contribution in [0, 0.1) is 0 Å². The fraction of sp³-hybridized carbons (Fsp3) is 0.700. The highest BCUT2D eigenvalue weighted by molar-refractivity contribution is 5.78. The fourth-order valence-corrected chi connectivity index (χ4v) is 1.26. The molecule has 0 saturated carbocycles. The van der Waals surface area contributed by atoms with Crippen molar-refractivity contribution in [3.8, 4) is 0 Å². The van der Waals surface area contributed by atoms with Gasteiger partial charge in [0.2, 0.25) is 5.91 Å². The van der Waals surface area contributed by atoms with Crippen LogP contribution in [0.5, 0.6) is 0 Å². The molecule has 1 saturated heterocycles. The number of ether oxygens (including phenoxy) is 1. The first-order valence-electron chi connectivity index (χ1n) is 4.95. The van der Waals surface area contributed by atoms with E-state index in [1.54, 1.807) is 6.08 Å². The zero-order valence-electron chi connectivity index (χ0n) is 8.66. The van der Waals surface area contributed by atoms with Gasteiger partial charge in [0.15, 0.2) is 0 Å². The second-order valence-electron chi connectivity index (χ2n) is 3.40. The fourth-order valence-electron chi connectivity index (χ4n) is 1.26. The number of morpholine rings is 1. The maximum Gasteiger partial charge on any atom is 0.236 e. The van der Waals surface area contributed by atoms with Gasteiger partial charge in [0.05, 0.1) is 19.8 Å². The van der Waals surface area contributed by atoms with Crippen molar-refractivity contribution in [1.82, 2.24) is 10.2 Å². The molecule has 1 unspecified atom stereocenters. The highest BCUT2D eigenvalue weighted by Gasteiger charge is 2.16. The number of carbonyl (C=O) groups is 1. The average Bonchev–Trinajstić information content (AvgIpc) is 2.26. The zero-order chi connectivity index (χ0) is 10.4. The second kappa shape index (κ2) is 5.78. The number of nitrogens with one attached hydrogen (secondary N) is 1. The smallest absolute Gasteiger partial charge is 0.236 e. The summed E-state index contributed by atoms with van der Waals surface area (Å²) < 4.78 is 5.17. The number of hydrogen-bond donors (Lipinski definition) is 1. The number of rotatable bonds is 4. The van der Waals surface area contributed by atoms with Crippen LogP contribution in [0.4, 0.5) is 0 Å². The van der Waals surface area contributed by atoms with E-state index < -0.39 is 0 Å². The van der Waals surface area contributed by atoms with Crippen LogP contribution in [0.1, 0.15) is 6.92 Å². The van der Waals surface area contributed by atoms with E-state index in [0.29, 0.717) is 32.8 Å². The summed E-state index contributed by atoms with van der Waals surface area (Å²) in [7, 11) is 0. The molecule has 80 valence electrons. The Kier molecular flexibility index (Phi) is 4.62. The average molecular weight is 198 g/mol. The van der Waals surface area contributed by atoms with Gasteiger partial charge in [0, 0.05) is 19.1 Å². The van der Waals surface area contributed by atoms with E-state index >= 15 is 0 Å². The maximum atomic E-state index is 11.6. The molecule has 0 aliphatic carbocycles.